The molecule has 2 aliphatic rings. The Bertz CT molecular complexity index is 2700. The number of para-hydroxylation sites is 2. The first kappa shape index (κ1) is 30.7. The van der Waals surface area contributed by atoms with Crippen molar-refractivity contribution in [3.63, 3.8) is 0 Å². The summed E-state index contributed by atoms with van der Waals surface area (Å²) in [6.45, 7) is 9.56. The van der Waals surface area contributed by atoms with Gasteiger partial charge in [-0.3, -0.25) is 0 Å². The Morgan fingerprint density at radius 3 is 1.79 bits per heavy atom. The topological polar surface area (TPSA) is 6.48 Å². The van der Waals surface area contributed by atoms with Gasteiger partial charge in [0, 0.05) is 27.6 Å². The molecule has 8 aromatic carbocycles. The standard InChI is InChI=1S/C50H40N2/c1-49(2)41-24-12-13-27-45(41)52-46-29-28-37(32-44(46)50(3,4)43-26-15-25-42(49)48(43)52)51(36-20-14-19-34(30-36)33-16-6-5-7-17-33)47-31-35-18-8-9-21-38(35)39-22-10-11-23-40(39)47/h5-32H,1-4H3. The molecule has 0 N–H and O–H groups in total. The van der Waals surface area contributed by atoms with Gasteiger partial charge in [-0.15, -0.1) is 0 Å². The van der Waals surface area contributed by atoms with Crippen LogP contribution in [0.15, 0.2) is 170 Å². The summed E-state index contributed by atoms with van der Waals surface area (Å²) in [6.07, 6.45) is 0. The van der Waals surface area contributed by atoms with Gasteiger partial charge in [0.2, 0.25) is 0 Å². The SMILES string of the molecule is CC1(C)c2ccccc2N2c3ccc(N(c4cccc(-c5ccccc5)c4)c4cc5ccccc5c5ccccc45)cc3C(C)(C)c3cccc1c32. The highest BCUT2D eigenvalue weighted by Crippen LogP contribution is 2.60. The van der Waals surface area contributed by atoms with Crippen LogP contribution in [0.2, 0.25) is 0 Å². The van der Waals surface area contributed by atoms with E-state index in [-0.39, 0.29) is 10.8 Å². The van der Waals surface area contributed by atoms with Crippen molar-refractivity contribution in [2.75, 3.05) is 9.80 Å². The monoisotopic (exact) mass is 668 g/mol. The largest absolute Gasteiger partial charge is 0.310 e. The minimum absolute atomic E-state index is 0.107. The predicted molar refractivity (Wildman–Crippen MR) is 221 cm³/mol. The van der Waals surface area contributed by atoms with E-state index in [1.807, 2.05) is 0 Å². The predicted octanol–water partition coefficient (Wildman–Crippen LogP) is 13.9. The minimum atomic E-state index is -0.238. The van der Waals surface area contributed by atoms with Gasteiger partial charge in [-0.25, -0.2) is 0 Å². The number of hydrogen-bond donors (Lipinski definition) is 0. The summed E-state index contributed by atoms with van der Waals surface area (Å²) in [4.78, 5) is 5.03. The van der Waals surface area contributed by atoms with Crippen molar-refractivity contribution in [1.82, 2.24) is 0 Å². The molecule has 52 heavy (non-hydrogen) atoms. The smallest absolute Gasteiger partial charge is 0.0546 e. The van der Waals surface area contributed by atoms with E-state index in [0.29, 0.717) is 0 Å². The number of nitrogens with zero attached hydrogens (tertiary/aromatic N) is 2. The first-order valence-electron chi connectivity index (χ1n) is 18.4. The summed E-state index contributed by atoms with van der Waals surface area (Å²) < 4.78 is 0. The van der Waals surface area contributed by atoms with E-state index >= 15 is 0 Å². The first-order chi connectivity index (χ1) is 25.3. The quantitative estimate of drug-likeness (QED) is 0.172. The molecule has 2 aliphatic heterocycles. The maximum absolute atomic E-state index is 2.54. The normalized spacial score (nSPS) is 14.8. The molecule has 0 saturated heterocycles. The average molecular weight is 669 g/mol. The molecule has 0 radical (unpaired) electrons. The molecule has 2 heterocycles. The highest BCUT2D eigenvalue weighted by Gasteiger charge is 2.45. The third-order valence-corrected chi connectivity index (χ3v) is 11.8. The van der Waals surface area contributed by atoms with Crippen LogP contribution in [0, 0.1) is 0 Å². The lowest BCUT2D eigenvalue weighted by Gasteiger charge is -2.49. The van der Waals surface area contributed by atoms with Gasteiger partial charge in [0.25, 0.3) is 0 Å². The average Bonchev–Trinajstić information content (AvgIpc) is 3.18. The van der Waals surface area contributed by atoms with E-state index in [2.05, 4.69) is 207 Å². The molecule has 0 aromatic heterocycles. The van der Waals surface area contributed by atoms with Crippen LogP contribution < -0.4 is 9.80 Å². The zero-order valence-electron chi connectivity index (χ0n) is 30.1. The molecule has 0 amide bonds. The number of fused-ring (bicyclic) bond motifs is 7. The second-order valence-electron chi connectivity index (χ2n) is 15.4. The lowest BCUT2D eigenvalue weighted by Crippen LogP contribution is -2.38. The number of anilines is 6. The van der Waals surface area contributed by atoms with Gasteiger partial charge >= 0.3 is 0 Å². The molecule has 2 nitrogen and oxygen atoms in total. The molecular formula is C50H40N2. The van der Waals surface area contributed by atoms with Crippen molar-refractivity contribution in [1.29, 1.82) is 0 Å². The molecule has 8 aromatic rings. The Labute approximate surface area is 306 Å². The molecule has 0 spiro atoms. The lowest BCUT2D eigenvalue weighted by atomic mass is 9.66. The maximum atomic E-state index is 2.54. The number of hydrogen-bond acceptors (Lipinski definition) is 2. The van der Waals surface area contributed by atoms with Crippen LogP contribution in [0.4, 0.5) is 34.1 Å². The maximum Gasteiger partial charge on any atom is 0.0546 e. The van der Waals surface area contributed by atoms with E-state index in [9.17, 15) is 0 Å². The Kier molecular flexibility index (Phi) is 6.60. The molecule has 0 aliphatic carbocycles. The summed E-state index contributed by atoms with van der Waals surface area (Å²) in [6, 6.07) is 62.8. The zero-order valence-corrected chi connectivity index (χ0v) is 30.1. The fourth-order valence-corrected chi connectivity index (χ4v) is 9.11. The van der Waals surface area contributed by atoms with Gasteiger partial charge in [-0.2, -0.15) is 0 Å². The molecule has 2 heteroatoms. The van der Waals surface area contributed by atoms with Crippen LogP contribution >= 0.6 is 0 Å². The second-order valence-corrected chi connectivity index (χ2v) is 15.4. The summed E-state index contributed by atoms with van der Waals surface area (Å²) in [5.74, 6) is 0. The van der Waals surface area contributed by atoms with Gasteiger partial charge < -0.3 is 9.80 Å². The lowest BCUT2D eigenvalue weighted by molar-refractivity contribution is 0.597. The van der Waals surface area contributed by atoms with Gasteiger partial charge in [0.1, 0.15) is 0 Å². The van der Waals surface area contributed by atoms with Crippen LogP contribution in [-0.2, 0) is 10.8 Å². The Morgan fingerprint density at radius 2 is 0.981 bits per heavy atom. The Morgan fingerprint density at radius 1 is 0.404 bits per heavy atom. The molecule has 10 rings (SSSR count). The minimum Gasteiger partial charge on any atom is -0.310 e. The molecule has 0 bridgehead atoms. The van der Waals surface area contributed by atoms with Crippen molar-refractivity contribution in [2.45, 2.75) is 38.5 Å². The molecule has 0 atom stereocenters. The number of benzene rings is 8. The van der Waals surface area contributed by atoms with Crippen molar-refractivity contribution < 1.29 is 0 Å². The highest BCUT2D eigenvalue weighted by molar-refractivity contribution is 6.14. The van der Waals surface area contributed by atoms with Gasteiger partial charge in [-0.05, 0) is 92.0 Å². The van der Waals surface area contributed by atoms with Crippen molar-refractivity contribution >= 4 is 55.7 Å². The van der Waals surface area contributed by atoms with Gasteiger partial charge in [0.15, 0.2) is 0 Å². The van der Waals surface area contributed by atoms with Crippen LogP contribution in [0.3, 0.4) is 0 Å². The molecule has 0 fully saturated rings. The van der Waals surface area contributed by atoms with E-state index in [4.69, 9.17) is 0 Å². The van der Waals surface area contributed by atoms with Crippen LogP contribution in [0.5, 0.6) is 0 Å². The molecule has 250 valence electrons. The third-order valence-electron chi connectivity index (χ3n) is 11.8. The van der Waals surface area contributed by atoms with Crippen molar-refractivity contribution in [2.24, 2.45) is 0 Å². The second kappa shape index (κ2) is 11.2. The summed E-state index contributed by atoms with van der Waals surface area (Å²) in [5, 5.41) is 4.98. The third kappa shape index (κ3) is 4.37. The van der Waals surface area contributed by atoms with E-state index in [0.717, 1.165) is 11.4 Å². The molecule has 0 saturated carbocycles. The van der Waals surface area contributed by atoms with Crippen molar-refractivity contribution in [3.05, 3.63) is 192 Å². The van der Waals surface area contributed by atoms with Crippen molar-refractivity contribution in [3.8, 4) is 11.1 Å². The highest BCUT2D eigenvalue weighted by atomic mass is 15.2. The number of rotatable bonds is 4. The van der Waals surface area contributed by atoms with Gasteiger partial charge in [-0.1, -0.05) is 155 Å². The van der Waals surface area contributed by atoms with Crippen LogP contribution in [0.1, 0.15) is 49.9 Å². The van der Waals surface area contributed by atoms with E-state index in [1.54, 1.807) is 0 Å². The van der Waals surface area contributed by atoms with E-state index < -0.39 is 0 Å². The van der Waals surface area contributed by atoms with Crippen LogP contribution in [-0.4, -0.2) is 0 Å². The zero-order chi connectivity index (χ0) is 35.2. The van der Waals surface area contributed by atoms with Gasteiger partial charge in [0.05, 0.1) is 22.7 Å². The van der Waals surface area contributed by atoms with Crippen LogP contribution in [0.25, 0.3) is 32.7 Å². The Hall–Kier alpha value is -6.12. The van der Waals surface area contributed by atoms with E-state index in [1.165, 1.54) is 77.7 Å². The molecule has 0 unspecified atom stereocenters. The summed E-state index contributed by atoms with van der Waals surface area (Å²) in [5.41, 5.74) is 14.8. The fraction of sp³-hybridized carbons (Fsp3) is 0.120. The summed E-state index contributed by atoms with van der Waals surface area (Å²) >= 11 is 0. The fourth-order valence-electron chi connectivity index (χ4n) is 9.11. The molecular weight excluding hydrogens is 629 g/mol. The first-order valence-corrected chi connectivity index (χ1v) is 18.4. The Balaban J connectivity index is 1.25. The summed E-state index contributed by atoms with van der Waals surface area (Å²) in [7, 11) is 0.